The third-order valence-electron chi connectivity index (χ3n) is 1.57. The molecule has 0 heterocycles. The normalized spacial score (nSPS) is 31.0. The van der Waals surface area contributed by atoms with Crippen molar-refractivity contribution < 1.29 is 0 Å². The fraction of sp³-hybridized carbons (Fsp3) is 0.500. The summed E-state index contributed by atoms with van der Waals surface area (Å²) in [7, 11) is 0. The molecule has 1 aliphatic carbocycles. The molecule has 0 atom stereocenters. The van der Waals surface area contributed by atoms with Crippen LogP contribution in [0.3, 0.4) is 0 Å². The Kier molecular flexibility index (Phi) is 3.71. The van der Waals surface area contributed by atoms with E-state index in [2.05, 4.69) is 56.2 Å². The summed E-state index contributed by atoms with van der Waals surface area (Å²) >= 11 is 6.88. The Morgan fingerprint density at radius 2 is 1.10 bits per heavy atom. The van der Waals surface area contributed by atoms with Crippen LogP contribution < -0.4 is 0 Å². The van der Waals surface area contributed by atoms with Crippen molar-refractivity contribution in [3.05, 3.63) is 24.3 Å². The van der Waals surface area contributed by atoms with Gasteiger partial charge in [0.1, 0.15) is 0 Å². The second kappa shape index (κ2) is 4.35. The maximum absolute atomic E-state index is 3.44. The SMILES string of the molecule is BrCC1C=CC(CBr)C=C1. The Hall–Kier alpha value is 0.440. The molecule has 56 valence electrons. The van der Waals surface area contributed by atoms with Gasteiger partial charge < -0.3 is 0 Å². The molecule has 0 aromatic rings. The number of halogens is 2. The summed E-state index contributed by atoms with van der Waals surface area (Å²) in [5, 5.41) is 2.07. The quantitative estimate of drug-likeness (QED) is 0.532. The van der Waals surface area contributed by atoms with Gasteiger partial charge in [-0.15, -0.1) is 0 Å². The highest BCUT2D eigenvalue weighted by Crippen LogP contribution is 2.17. The van der Waals surface area contributed by atoms with Gasteiger partial charge in [-0.3, -0.25) is 0 Å². The molecule has 0 nitrogen and oxygen atoms in total. The number of rotatable bonds is 2. The van der Waals surface area contributed by atoms with Gasteiger partial charge in [0.25, 0.3) is 0 Å². The molecule has 0 aliphatic heterocycles. The second-order valence-electron chi connectivity index (χ2n) is 2.41. The van der Waals surface area contributed by atoms with Crippen molar-refractivity contribution in [1.82, 2.24) is 0 Å². The van der Waals surface area contributed by atoms with Crippen LogP contribution >= 0.6 is 31.9 Å². The lowest BCUT2D eigenvalue weighted by Gasteiger charge is -2.11. The van der Waals surface area contributed by atoms with E-state index in [9.17, 15) is 0 Å². The fourth-order valence-corrected chi connectivity index (χ4v) is 1.77. The van der Waals surface area contributed by atoms with Crippen LogP contribution in [0.25, 0.3) is 0 Å². The second-order valence-corrected chi connectivity index (χ2v) is 3.70. The number of allylic oxidation sites excluding steroid dienone is 4. The predicted molar refractivity (Wildman–Crippen MR) is 52.8 cm³/mol. The van der Waals surface area contributed by atoms with Gasteiger partial charge in [0.2, 0.25) is 0 Å². The molecule has 0 amide bonds. The van der Waals surface area contributed by atoms with Crippen molar-refractivity contribution in [2.75, 3.05) is 10.7 Å². The fourth-order valence-electron chi connectivity index (χ4n) is 0.905. The lowest BCUT2D eigenvalue weighted by Crippen LogP contribution is -2.03. The third-order valence-corrected chi connectivity index (χ3v) is 3.06. The van der Waals surface area contributed by atoms with E-state index in [4.69, 9.17) is 0 Å². The Balaban J connectivity index is 2.45. The summed E-state index contributed by atoms with van der Waals surface area (Å²) in [6.45, 7) is 0. The average Bonchev–Trinajstić information content (AvgIpc) is 2.05. The molecular weight excluding hydrogens is 256 g/mol. The van der Waals surface area contributed by atoms with Crippen LogP contribution in [-0.4, -0.2) is 10.7 Å². The zero-order chi connectivity index (χ0) is 7.40. The highest BCUT2D eigenvalue weighted by atomic mass is 79.9. The van der Waals surface area contributed by atoms with Gasteiger partial charge >= 0.3 is 0 Å². The van der Waals surface area contributed by atoms with Gasteiger partial charge in [-0.2, -0.15) is 0 Å². The molecule has 0 spiro atoms. The van der Waals surface area contributed by atoms with E-state index in [-0.39, 0.29) is 0 Å². The molecule has 0 N–H and O–H groups in total. The topological polar surface area (TPSA) is 0 Å². The van der Waals surface area contributed by atoms with Crippen molar-refractivity contribution in [2.45, 2.75) is 0 Å². The van der Waals surface area contributed by atoms with Crippen molar-refractivity contribution >= 4 is 31.9 Å². The molecule has 0 fully saturated rings. The zero-order valence-corrected chi connectivity index (χ0v) is 8.81. The number of hydrogen-bond donors (Lipinski definition) is 0. The molecule has 2 heteroatoms. The molecule has 0 radical (unpaired) electrons. The maximum atomic E-state index is 3.44. The highest BCUT2D eigenvalue weighted by molar-refractivity contribution is 9.09. The number of hydrogen-bond acceptors (Lipinski definition) is 0. The van der Waals surface area contributed by atoms with E-state index in [1.807, 2.05) is 0 Å². The maximum Gasteiger partial charge on any atom is 0.0129 e. The summed E-state index contributed by atoms with van der Waals surface area (Å²) in [6.07, 6.45) is 9.00. The number of alkyl halides is 2. The summed E-state index contributed by atoms with van der Waals surface area (Å²) in [6, 6.07) is 0. The summed E-state index contributed by atoms with van der Waals surface area (Å²) < 4.78 is 0. The van der Waals surface area contributed by atoms with E-state index in [1.165, 1.54) is 0 Å². The Morgan fingerprint density at radius 1 is 0.800 bits per heavy atom. The molecule has 0 unspecified atom stereocenters. The van der Waals surface area contributed by atoms with E-state index >= 15 is 0 Å². The van der Waals surface area contributed by atoms with Gasteiger partial charge in [0.05, 0.1) is 0 Å². The molecule has 10 heavy (non-hydrogen) atoms. The van der Waals surface area contributed by atoms with Gasteiger partial charge in [-0.05, 0) is 0 Å². The molecule has 1 rings (SSSR count). The lowest BCUT2D eigenvalue weighted by molar-refractivity contribution is 0.850. The van der Waals surface area contributed by atoms with Gasteiger partial charge in [0, 0.05) is 22.5 Å². The van der Waals surface area contributed by atoms with Crippen molar-refractivity contribution in [3.8, 4) is 0 Å². The van der Waals surface area contributed by atoms with Crippen molar-refractivity contribution in [1.29, 1.82) is 0 Å². The minimum Gasteiger partial charge on any atom is -0.0918 e. The molecule has 0 saturated heterocycles. The lowest BCUT2D eigenvalue weighted by atomic mass is 9.99. The Bertz CT molecular complexity index is 119. The summed E-state index contributed by atoms with van der Waals surface area (Å²) in [4.78, 5) is 0. The van der Waals surface area contributed by atoms with Gasteiger partial charge in [0.15, 0.2) is 0 Å². The van der Waals surface area contributed by atoms with Crippen molar-refractivity contribution in [2.24, 2.45) is 11.8 Å². The first-order chi connectivity index (χ1) is 4.86. The average molecular weight is 266 g/mol. The van der Waals surface area contributed by atoms with Crippen molar-refractivity contribution in [3.63, 3.8) is 0 Å². The largest absolute Gasteiger partial charge is 0.0918 e. The molecule has 0 aromatic carbocycles. The van der Waals surface area contributed by atoms with Crippen LogP contribution in [0.2, 0.25) is 0 Å². The monoisotopic (exact) mass is 264 g/mol. The standard InChI is InChI=1S/C8H10Br2/c9-5-7-1-2-8(6-10)4-3-7/h1-4,7-8H,5-6H2. The van der Waals surface area contributed by atoms with Crippen LogP contribution in [0.4, 0.5) is 0 Å². The van der Waals surface area contributed by atoms with Crippen LogP contribution in [0.15, 0.2) is 24.3 Å². The van der Waals surface area contributed by atoms with Gasteiger partial charge in [-0.25, -0.2) is 0 Å². The first kappa shape index (κ1) is 8.54. The summed E-state index contributed by atoms with van der Waals surface area (Å²) in [5.74, 6) is 1.21. The van der Waals surface area contributed by atoms with Crippen LogP contribution in [0.1, 0.15) is 0 Å². The third kappa shape index (κ3) is 2.24. The van der Waals surface area contributed by atoms with E-state index in [1.54, 1.807) is 0 Å². The zero-order valence-electron chi connectivity index (χ0n) is 5.63. The first-order valence-electron chi connectivity index (χ1n) is 3.35. The predicted octanol–water partition coefficient (Wildman–Crippen LogP) is 3.13. The Morgan fingerprint density at radius 3 is 1.30 bits per heavy atom. The van der Waals surface area contributed by atoms with Gasteiger partial charge in [-0.1, -0.05) is 56.2 Å². The Labute approximate surface area is 78.6 Å². The highest BCUT2D eigenvalue weighted by Gasteiger charge is 2.05. The smallest absolute Gasteiger partial charge is 0.0129 e. The molecule has 0 bridgehead atoms. The first-order valence-corrected chi connectivity index (χ1v) is 5.59. The molecular formula is C8H10Br2. The van der Waals surface area contributed by atoms with E-state index < -0.39 is 0 Å². The summed E-state index contributed by atoms with van der Waals surface area (Å²) in [5.41, 5.74) is 0. The molecule has 0 aromatic heterocycles. The van der Waals surface area contributed by atoms with E-state index in [0.29, 0.717) is 11.8 Å². The minimum atomic E-state index is 0.607. The minimum absolute atomic E-state index is 0.607. The van der Waals surface area contributed by atoms with E-state index in [0.717, 1.165) is 10.7 Å². The van der Waals surface area contributed by atoms with Crippen LogP contribution in [0.5, 0.6) is 0 Å². The van der Waals surface area contributed by atoms with Crippen LogP contribution in [-0.2, 0) is 0 Å². The van der Waals surface area contributed by atoms with Crippen LogP contribution in [0, 0.1) is 11.8 Å². The molecule has 1 aliphatic rings. The molecule has 0 saturated carbocycles.